The first kappa shape index (κ1) is 20.6. The Bertz CT molecular complexity index is 969. The maximum absolute atomic E-state index is 13.2. The molecule has 28 heavy (non-hydrogen) atoms. The monoisotopic (exact) mass is 400 g/mol. The van der Waals surface area contributed by atoms with Crippen molar-refractivity contribution >= 4 is 21.6 Å². The summed E-state index contributed by atoms with van der Waals surface area (Å²) in [4.78, 5) is 13.2. The van der Waals surface area contributed by atoms with Crippen LogP contribution in [0, 0.1) is 19.8 Å². The minimum Gasteiger partial charge on any atom is -0.326 e. The first-order chi connectivity index (χ1) is 13.3. The molecule has 1 unspecified atom stereocenters. The second-order valence-corrected chi connectivity index (χ2v) is 9.38. The quantitative estimate of drug-likeness (QED) is 0.828. The van der Waals surface area contributed by atoms with Gasteiger partial charge in [-0.3, -0.25) is 4.79 Å². The summed E-state index contributed by atoms with van der Waals surface area (Å²) in [5, 5.41) is 3.00. The number of hydrogen-bond donors (Lipinski definition) is 1. The van der Waals surface area contributed by atoms with Crippen LogP contribution in [0.1, 0.15) is 36.5 Å². The van der Waals surface area contributed by atoms with Crippen molar-refractivity contribution in [2.45, 2.75) is 44.9 Å². The molecule has 0 bridgehead atoms. The number of nitrogens with one attached hydrogen (secondary N) is 1. The Morgan fingerprint density at radius 1 is 1.18 bits per heavy atom. The van der Waals surface area contributed by atoms with Gasteiger partial charge in [-0.05, 0) is 61.9 Å². The average molecular weight is 401 g/mol. The van der Waals surface area contributed by atoms with Gasteiger partial charge in [-0.25, -0.2) is 8.42 Å². The molecule has 1 amide bonds. The summed E-state index contributed by atoms with van der Waals surface area (Å²) < 4.78 is 27.8. The van der Waals surface area contributed by atoms with Crippen LogP contribution < -0.4 is 5.32 Å². The largest absolute Gasteiger partial charge is 0.326 e. The maximum Gasteiger partial charge on any atom is 0.243 e. The van der Waals surface area contributed by atoms with E-state index in [0.29, 0.717) is 24.3 Å². The molecular formula is C22H28N2O3S. The molecule has 2 aromatic carbocycles. The molecule has 1 saturated heterocycles. The highest BCUT2D eigenvalue weighted by atomic mass is 32.2. The topological polar surface area (TPSA) is 66.5 Å². The third-order valence-corrected chi connectivity index (χ3v) is 7.38. The fourth-order valence-corrected chi connectivity index (χ4v) is 5.52. The minimum absolute atomic E-state index is 0.109. The zero-order chi connectivity index (χ0) is 20.3. The fourth-order valence-electron chi connectivity index (χ4n) is 3.68. The van der Waals surface area contributed by atoms with E-state index in [4.69, 9.17) is 0 Å². The fraction of sp³-hybridized carbons (Fsp3) is 0.409. The van der Waals surface area contributed by atoms with Crippen molar-refractivity contribution in [3.05, 3.63) is 59.2 Å². The Balaban J connectivity index is 1.78. The summed E-state index contributed by atoms with van der Waals surface area (Å²) in [6, 6.07) is 13.2. The zero-order valence-corrected chi connectivity index (χ0v) is 17.6. The third kappa shape index (κ3) is 4.28. The number of piperidine rings is 1. The predicted octanol–water partition coefficient (Wildman–Crippen LogP) is 3.91. The summed E-state index contributed by atoms with van der Waals surface area (Å²) >= 11 is 0. The van der Waals surface area contributed by atoms with Crippen LogP contribution in [0.25, 0.3) is 0 Å². The highest BCUT2D eigenvalue weighted by Gasteiger charge is 2.34. The van der Waals surface area contributed by atoms with Crippen LogP contribution in [0.2, 0.25) is 0 Å². The number of carbonyl (C=O) groups excluding carboxylic acids is 1. The number of amides is 1. The Hall–Kier alpha value is -2.18. The van der Waals surface area contributed by atoms with Crippen LogP contribution >= 0.6 is 0 Å². The SMILES string of the molecule is CCc1ccccc1NC(=O)C1CCCN(S(=O)(=O)c2cc(C)ccc2C)C1. The molecule has 0 radical (unpaired) electrons. The predicted molar refractivity (Wildman–Crippen MR) is 112 cm³/mol. The summed E-state index contributed by atoms with van der Waals surface area (Å²) in [6.07, 6.45) is 2.20. The molecular weight excluding hydrogens is 372 g/mol. The molecule has 1 aliphatic heterocycles. The molecule has 0 spiro atoms. The van der Waals surface area contributed by atoms with E-state index in [1.54, 1.807) is 6.07 Å². The van der Waals surface area contributed by atoms with Gasteiger partial charge in [-0.1, -0.05) is 37.3 Å². The number of anilines is 1. The van der Waals surface area contributed by atoms with Crippen molar-refractivity contribution in [2.24, 2.45) is 5.92 Å². The lowest BCUT2D eigenvalue weighted by molar-refractivity contribution is -0.120. The van der Waals surface area contributed by atoms with Crippen molar-refractivity contribution in [3.63, 3.8) is 0 Å². The Labute approximate surface area is 167 Å². The highest BCUT2D eigenvalue weighted by molar-refractivity contribution is 7.89. The van der Waals surface area contributed by atoms with Crippen LogP contribution in [-0.2, 0) is 21.2 Å². The summed E-state index contributed by atoms with van der Waals surface area (Å²) in [5.41, 5.74) is 3.52. The van der Waals surface area contributed by atoms with Crippen LogP contribution in [0.15, 0.2) is 47.4 Å². The number of aryl methyl sites for hydroxylation is 3. The number of para-hydroxylation sites is 1. The van der Waals surface area contributed by atoms with E-state index in [1.165, 1.54) is 4.31 Å². The average Bonchev–Trinajstić information content (AvgIpc) is 2.70. The van der Waals surface area contributed by atoms with Crippen molar-refractivity contribution in [3.8, 4) is 0 Å². The first-order valence-electron chi connectivity index (χ1n) is 9.79. The lowest BCUT2D eigenvalue weighted by Crippen LogP contribution is -2.43. The van der Waals surface area contributed by atoms with E-state index in [9.17, 15) is 13.2 Å². The maximum atomic E-state index is 13.2. The van der Waals surface area contributed by atoms with Crippen LogP contribution in [-0.4, -0.2) is 31.7 Å². The van der Waals surface area contributed by atoms with Crippen LogP contribution in [0.3, 0.4) is 0 Å². The third-order valence-electron chi connectivity index (χ3n) is 5.37. The van der Waals surface area contributed by atoms with Gasteiger partial charge in [-0.15, -0.1) is 0 Å². The van der Waals surface area contributed by atoms with Gasteiger partial charge in [0.25, 0.3) is 0 Å². The minimum atomic E-state index is -3.61. The molecule has 5 nitrogen and oxygen atoms in total. The van der Waals surface area contributed by atoms with E-state index in [2.05, 4.69) is 5.32 Å². The Morgan fingerprint density at radius 2 is 1.93 bits per heavy atom. The smallest absolute Gasteiger partial charge is 0.243 e. The molecule has 0 aliphatic carbocycles. The molecule has 2 aromatic rings. The van der Waals surface area contributed by atoms with Crippen molar-refractivity contribution in [2.75, 3.05) is 18.4 Å². The molecule has 3 rings (SSSR count). The zero-order valence-electron chi connectivity index (χ0n) is 16.7. The number of benzene rings is 2. The van der Waals surface area contributed by atoms with Crippen molar-refractivity contribution in [1.29, 1.82) is 0 Å². The van der Waals surface area contributed by atoms with Gasteiger partial charge in [0.1, 0.15) is 0 Å². The van der Waals surface area contributed by atoms with E-state index < -0.39 is 10.0 Å². The summed E-state index contributed by atoms with van der Waals surface area (Å²) in [7, 11) is -3.61. The Kier molecular flexibility index (Phi) is 6.20. The normalized spacial score (nSPS) is 18.0. The van der Waals surface area contributed by atoms with Gasteiger partial charge in [0.15, 0.2) is 0 Å². The van der Waals surface area contributed by atoms with Gasteiger partial charge in [0.2, 0.25) is 15.9 Å². The second-order valence-electron chi connectivity index (χ2n) is 7.47. The van der Waals surface area contributed by atoms with Gasteiger partial charge >= 0.3 is 0 Å². The summed E-state index contributed by atoms with van der Waals surface area (Å²) in [6.45, 7) is 6.41. The van der Waals surface area contributed by atoms with Crippen molar-refractivity contribution < 1.29 is 13.2 Å². The van der Waals surface area contributed by atoms with Crippen LogP contribution in [0.5, 0.6) is 0 Å². The number of hydrogen-bond acceptors (Lipinski definition) is 3. The van der Waals surface area contributed by atoms with Gasteiger partial charge in [0.05, 0.1) is 10.8 Å². The highest BCUT2D eigenvalue weighted by Crippen LogP contribution is 2.27. The van der Waals surface area contributed by atoms with E-state index >= 15 is 0 Å². The lowest BCUT2D eigenvalue weighted by Gasteiger charge is -2.31. The first-order valence-corrected chi connectivity index (χ1v) is 11.2. The van der Waals surface area contributed by atoms with Gasteiger partial charge in [-0.2, -0.15) is 4.31 Å². The molecule has 1 atom stereocenters. The van der Waals surface area contributed by atoms with Gasteiger partial charge in [0, 0.05) is 18.8 Å². The molecule has 1 aliphatic rings. The number of carbonyl (C=O) groups is 1. The van der Waals surface area contributed by atoms with E-state index in [1.807, 2.05) is 57.2 Å². The van der Waals surface area contributed by atoms with Crippen LogP contribution in [0.4, 0.5) is 5.69 Å². The lowest BCUT2D eigenvalue weighted by atomic mass is 9.98. The Morgan fingerprint density at radius 3 is 2.68 bits per heavy atom. The van der Waals surface area contributed by atoms with Gasteiger partial charge < -0.3 is 5.32 Å². The number of rotatable bonds is 5. The standard InChI is InChI=1S/C22H28N2O3S/c1-4-18-8-5-6-10-20(18)23-22(25)19-9-7-13-24(15-19)28(26,27)21-14-16(2)11-12-17(21)3/h5-6,8,10-12,14,19H,4,7,9,13,15H2,1-3H3,(H,23,25). The van der Waals surface area contributed by atoms with E-state index in [-0.39, 0.29) is 18.4 Å². The molecule has 150 valence electrons. The molecule has 1 fully saturated rings. The molecule has 1 heterocycles. The number of sulfonamides is 1. The second kappa shape index (κ2) is 8.45. The van der Waals surface area contributed by atoms with Crippen molar-refractivity contribution in [1.82, 2.24) is 4.31 Å². The molecule has 6 heteroatoms. The summed E-state index contributed by atoms with van der Waals surface area (Å²) in [5.74, 6) is -0.458. The molecule has 0 saturated carbocycles. The molecule has 1 N–H and O–H groups in total. The molecule has 0 aromatic heterocycles. The number of nitrogens with zero attached hydrogens (tertiary/aromatic N) is 1. The van der Waals surface area contributed by atoms with E-state index in [0.717, 1.165) is 28.8 Å².